The molecule has 0 atom stereocenters. The van der Waals surface area contributed by atoms with Crippen molar-refractivity contribution in [2.45, 2.75) is 33.1 Å². The summed E-state index contributed by atoms with van der Waals surface area (Å²) in [6.45, 7) is 6.54. The summed E-state index contributed by atoms with van der Waals surface area (Å²) < 4.78 is 12.7. The Bertz CT molecular complexity index is 319. The molecule has 2 aliphatic rings. The molecule has 0 bridgehead atoms. The first-order valence-electron chi connectivity index (χ1n) is 5.75. The van der Waals surface area contributed by atoms with Crippen LogP contribution in [0.1, 0.15) is 33.1 Å². The van der Waals surface area contributed by atoms with Crippen LogP contribution in [0.25, 0.3) is 0 Å². The maximum atomic E-state index is 12.7. The fourth-order valence-corrected chi connectivity index (χ4v) is 2.99. The molecule has 1 fully saturated rings. The Balaban J connectivity index is 2.26. The van der Waals surface area contributed by atoms with Gasteiger partial charge in [0, 0.05) is 0 Å². The number of allylic oxidation sites excluding steroid dienone is 3. The highest BCUT2D eigenvalue weighted by Crippen LogP contribution is 2.51. The van der Waals surface area contributed by atoms with Crippen molar-refractivity contribution in [2.24, 2.45) is 5.41 Å². The summed E-state index contributed by atoms with van der Waals surface area (Å²) in [6, 6.07) is 0. The molecule has 15 heavy (non-hydrogen) atoms. The zero-order valence-electron chi connectivity index (χ0n) is 9.94. The Morgan fingerprint density at radius 1 is 1.27 bits per heavy atom. The first-order chi connectivity index (χ1) is 7.09. The molecule has 1 nitrogen and oxygen atoms in total. The van der Waals surface area contributed by atoms with E-state index in [1.54, 1.807) is 0 Å². The van der Waals surface area contributed by atoms with Gasteiger partial charge in [-0.1, -0.05) is 5.57 Å². The van der Waals surface area contributed by atoms with E-state index in [4.69, 9.17) is 0 Å². The molecule has 1 aliphatic carbocycles. The first kappa shape index (κ1) is 10.9. The molecule has 0 aromatic heterocycles. The zero-order valence-corrected chi connectivity index (χ0v) is 9.94. The van der Waals surface area contributed by atoms with E-state index in [-0.39, 0.29) is 5.41 Å². The van der Waals surface area contributed by atoms with E-state index < -0.39 is 0 Å². The Kier molecular flexibility index (Phi) is 2.72. The number of hydrogen-bond donors (Lipinski definition) is 0. The molecule has 0 N–H and O–H groups in total. The third-order valence-corrected chi connectivity index (χ3v) is 4.44. The Morgan fingerprint density at radius 2 is 1.87 bits per heavy atom. The van der Waals surface area contributed by atoms with Crippen molar-refractivity contribution >= 4 is 0 Å². The van der Waals surface area contributed by atoms with Crippen molar-refractivity contribution in [3.05, 3.63) is 23.0 Å². The number of halogens is 1. The molecule has 84 valence electrons. The molecule has 1 saturated heterocycles. The highest BCUT2D eigenvalue weighted by atomic mass is 19.1. The number of nitrogens with zero attached hydrogens (tertiary/aromatic N) is 1. The molecule has 1 spiro atoms. The van der Waals surface area contributed by atoms with Crippen molar-refractivity contribution in [3.8, 4) is 0 Å². The maximum absolute atomic E-state index is 12.7. The van der Waals surface area contributed by atoms with Crippen LogP contribution in [0.2, 0.25) is 0 Å². The van der Waals surface area contributed by atoms with Gasteiger partial charge < -0.3 is 4.90 Å². The highest BCUT2D eigenvalue weighted by Gasteiger charge is 2.41. The van der Waals surface area contributed by atoms with Crippen molar-refractivity contribution in [1.82, 2.24) is 4.90 Å². The van der Waals surface area contributed by atoms with Gasteiger partial charge >= 0.3 is 0 Å². The lowest BCUT2D eigenvalue weighted by Gasteiger charge is -2.39. The summed E-state index contributed by atoms with van der Waals surface area (Å²) >= 11 is 0. The first-order valence-corrected chi connectivity index (χ1v) is 5.75. The second-order valence-corrected chi connectivity index (χ2v) is 5.14. The van der Waals surface area contributed by atoms with E-state index in [2.05, 4.69) is 25.8 Å². The van der Waals surface area contributed by atoms with Gasteiger partial charge in [0.05, 0.1) is 6.33 Å². The van der Waals surface area contributed by atoms with Crippen LogP contribution in [0.5, 0.6) is 0 Å². The van der Waals surface area contributed by atoms with Crippen LogP contribution < -0.4 is 0 Å². The fourth-order valence-electron chi connectivity index (χ4n) is 2.99. The molecule has 1 heterocycles. The Hall–Kier alpha value is -0.630. The van der Waals surface area contributed by atoms with Crippen molar-refractivity contribution in [1.29, 1.82) is 0 Å². The molecule has 0 aromatic carbocycles. The van der Waals surface area contributed by atoms with Gasteiger partial charge in [0.15, 0.2) is 0 Å². The molecule has 2 heteroatoms. The van der Waals surface area contributed by atoms with Crippen LogP contribution in [0.3, 0.4) is 0 Å². The quantitative estimate of drug-likeness (QED) is 0.591. The van der Waals surface area contributed by atoms with Crippen LogP contribution >= 0.6 is 0 Å². The minimum atomic E-state index is 0.286. The van der Waals surface area contributed by atoms with Crippen molar-refractivity contribution in [2.75, 3.05) is 20.1 Å². The van der Waals surface area contributed by atoms with Gasteiger partial charge in [0.1, 0.15) is 0 Å². The fraction of sp³-hybridized carbons (Fsp3) is 0.692. The normalized spacial score (nSPS) is 29.5. The standard InChI is InChI=1S/C13H20FN/c1-10-11(2)13(8-12(10)9-14)4-6-15(3)7-5-13/h9H,4-8H2,1-3H3/b12-9+. The van der Waals surface area contributed by atoms with E-state index >= 15 is 0 Å². The third-order valence-electron chi connectivity index (χ3n) is 4.44. The van der Waals surface area contributed by atoms with E-state index in [1.165, 1.54) is 24.0 Å². The smallest absolute Gasteiger partial charge is 0.0901 e. The second kappa shape index (κ2) is 3.75. The predicted molar refractivity (Wildman–Crippen MR) is 61.3 cm³/mol. The van der Waals surface area contributed by atoms with E-state index in [0.717, 1.165) is 31.4 Å². The number of likely N-dealkylation sites (tertiary alicyclic amines) is 1. The lowest BCUT2D eigenvalue weighted by atomic mass is 9.73. The predicted octanol–water partition coefficient (Wildman–Crippen LogP) is 3.29. The average Bonchev–Trinajstić information content (AvgIpc) is 2.48. The van der Waals surface area contributed by atoms with Crippen LogP contribution in [0.4, 0.5) is 4.39 Å². The van der Waals surface area contributed by atoms with Gasteiger partial charge in [-0.25, -0.2) is 4.39 Å². The van der Waals surface area contributed by atoms with Gasteiger partial charge in [-0.05, 0) is 69.8 Å². The monoisotopic (exact) mass is 209 g/mol. The summed E-state index contributed by atoms with van der Waals surface area (Å²) in [5, 5.41) is 0. The molecule has 1 aliphatic heterocycles. The molecule has 0 unspecified atom stereocenters. The largest absolute Gasteiger partial charge is 0.306 e. The summed E-state index contributed by atoms with van der Waals surface area (Å²) in [5.41, 5.74) is 3.84. The minimum Gasteiger partial charge on any atom is -0.306 e. The molecule has 0 aromatic rings. The van der Waals surface area contributed by atoms with Crippen LogP contribution in [0.15, 0.2) is 23.0 Å². The molecule has 2 rings (SSSR count). The van der Waals surface area contributed by atoms with Gasteiger partial charge in [-0.15, -0.1) is 0 Å². The topological polar surface area (TPSA) is 3.24 Å². The summed E-state index contributed by atoms with van der Waals surface area (Å²) in [6.07, 6.45) is 4.11. The number of hydrogen-bond acceptors (Lipinski definition) is 1. The average molecular weight is 209 g/mol. The molecular formula is C13H20FN. The molecule has 0 saturated carbocycles. The highest BCUT2D eigenvalue weighted by molar-refractivity contribution is 5.43. The summed E-state index contributed by atoms with van der Waals surface area (Å²) in [7, 11) is 2.17. The minimum absolute atomic E-state index is 0.286. The number of piperidine rings is 1. The number of rotatable bonds is 0. The SMILES string of the molecule is CC1=C(C)C2(CCN(C)CC2)C/C1=C\F. The van der Waals surface area contributed by atoms with Gasteiger partial charge in [0.25, 0.3) is 0 Å². The maximum Gasteiger partial charge on any atom is 0.0901 e. The second-order valence-electron chi connectivity index (χ2n) is 5.14. The van der Waals surface area contributed by atoms with E-state index in [0.29, 0.717) is 0 Å². The van der Waals surface area contributed by atoms with Gasteiger partial charge in [-0.2, -0.15) is 0 Å². The molecular weight excluding hydrogens is 189 g/mol. The Labute approximate surface area is 91.7 Å². The van der Waals surface area contributed by atoms with Crippen LogP contribution in [-0.4, -0.2) is 25.0 Å². The molecule has 0 radical (unpaired) electrons. The van der Waals surface area contributed by atoms with Gasteiger partial charge in [0.2, 0.25) is 0 Å². The van der Waals surface area contributed by atoms with Crippen molar-refractivity contribution < 1.29 is 4.39 Å². The zero-order chi connectivity index (χ0) is 11.1. The van der Waals surface area contributed by atoms with Crippen LogP contribution in [-0.2, 0) is 0 Å². The lowest BCUT2D eigenvalue weighted by Crippen LogP contribution is -2.37. The Morgan fingerprint density at radius 3 is 2.33 bits per heavy atom. The lowest BCUT2D eigenvalue weighted by molar-refractivity contribution is 0.160. The summed E-state index contributed by atoms with van der Waals surface area (Å²) in [4.78, 5) is 2.37. The van der Waals surface area contributed by atoms with Crippen LogP contribution in [0, 0.1) is 5.41 Å². The molecule has 0 amide bonds. The van der Waals surface area contributed by atoms with E-state index in [9.17, 15) is 4.39 Å². The van der Waals surface area contributed by atoms with Crippen molar-refractivity contribution in [3.63, 3.8) is 0 Å². The third kappa shape index (κ3) is 1.65. The van der Waals surface area contributed by atoms with E-state index in [1.807, 2.05) is 0 Å². The van der Waals surface area contributed by atoms with Gasteiger partial charge in [-0.3, -0.25) is 0 Å². The summed E-state index contributed by atoms with van der Waals surface area (Å²) in [5.74, 6) is 0.